The first-order valence-corrected chi connectivity index (χ1v) is 8.34. The van der Waals surface area contributed by atoms with Gasteiger partial charge >= 0.3 is 0 Å². The summed E-state index contributed by atoms with van der Waals surface area (Å²) in [5, 5.41) is 1.94. The Hall–Kier alpha value is -0.630. The van der Waals surface area contributed by atoms with E-state index in [1.54, 1.807) is 16.0 Å². The van der Waals surface area contributed by atoms with E-state index in [-0.39, 0.29) is 16.2 Å². The summed E-state index contributed by atoms with van der Waals surface area (Å²) in [6, 6.07) is 0.0234. The van der Waals surface area contributed by atoms with E-state index >= 15 is 0 Å². The molecule has 5 nitrogen and oxygen atoms in total. The van der Waals surface area contributed by atoms with E-state index < -0.39 is 10.0 Å². The molecule has 0 amide bonds. The lowest BCUT2D eigenvalue weighted by Gasteiger charge is -2.20. The zero-order valence-corrected chi connectivity index (χ0v) is 12.1. The molecule has 0 spiro atoms. The number of hydrogen-bond donors (Lipinski definition) is 0. The second kappa shape index (κ2) is 4.19. The Morgan fingerprint density at radius 2 is 2.33 bits per heavy atom. The monoisotopic (exact) mass is 305 g/mol. The standard InChI is InChI=1S/C10H12ClN3O2S2/c1-7-3-2-4-14(7)18(15,16)9-8(11)12-10-13(9)5-6-17-10/h5-7H,2-4H2,1H3. The molecule has 0 aliphatic carbocycles. The summed E-state index contributed by atoms with van der Waals surface area (Å²) in [7, 11) is -3.56. The van der Waals surface area contributed by atoms with Gasteiger partial charge in [0.25, 0.3) is 10.0 Å². The lowest BCUT2D eigenvalue weighted by atomic mass is 10.3. The van der Waals surface area contributed by atoms with Gasteiger partial charge in [0.05, 0.1) is 0 Å². The van der Waals surface area contributed by atoms with Crippen molar-refractivity contribution < 1.29 is 8.42 Å². The number of sulfonamides is 1. The third-order valence-corrected chi connectivity index (χ3v) is 6.39. The molecule has 1 unspecified atom stereocenters. The van der Waals surface area contributed by atoms with Crippen molar-refractivity contribution >= 4 is 37.9 Å². The highest BCUT2D eigenvalue weighted by Crippen LogP contribution is 2.31. The second-order valence-corrected chi connectivity index (χ2v) is 7.41. The van der Waals surface area contributed by atoms with Gasteiger partial charge in [-0.15, -0.1) is 11.3 Å². The van der Waals surface area contributed by atoms with Crippen LogP contribution in [0.25, 0.3) is 4.96 Å². The summed E-state index contributed by atoms with van der Waals surface area (Å²) in [5.41, 5.74) is 0. The molecule has 18 heavy (non-hydrogen) atoms. The Balaban J connectivity index is 2.18. The molecule has 1 saturated heterocycles. The van der Waals surface area contributed by atoms with Crippen molar-refractivity contribution in [3.63, 3.8) is 0 Å². The molecule has 2 aromatic rings. The van der Waals surface area contributed by atoms with Crippen LogP contribution in [0.3, 0.4) is 0 Å². The predicted molar refractivity (Wildman–Crippen MR) is 70.7 cm³/mol. The number of halogens is 1. The SMILES string of the molecule is CC1CCCN1S(=O)(=O)c1c(Cl)nc2sccn12. The van der Waals surface area contributed by atoms with Crippen LogP contribution in [0, 0.1) is 0 Å². The lowest BCUT2D eigenvalue weighted by molar-refractivity contribution is 0.406. The Kier molecular flexibility index (Phi) is 2.89. The minimum absolute atomic E-state index is 0.0234. The molecule has 0 N–H and O–H groups in total. The largest absolute Gasteiger partial charge is 0.279 e. The highest BCUT2D eigenvalue weighted by molar-refractivity contribution is 7.89. The van der Waals surface area contributed by atoms with Crippen molar-refractivity contribution in [2.75, 3.05) is 6.54 Å². The summed E-state index contributed by atoms with van der Waals surface area (Å²) in [5.74, 6) is 0. The fraction of sp³-hybridized carbons (Fsp3) is 0.500. The number of aromatic nitrogens is 2. The highest BCUT2D eigenvalue weighted by Gasteiger charge is 2.36. The minimum atomic E-state index is -3.56. The van der Waals surface area contributed by atoms with E-state index in [1.807, 2.05) is 6.92 Å². The maximum absolute atomic E-state index is 12.6. The van der Waals surface area contributed by atoms with Crippen molar-refractivity contribution in [3.8, 4) is 0 Å². The number of fused-ring (bicyclic) bond motifs is 1. The van der Waals surface area contributed by atoms with Crippen molar-refractivity contribution in [2.45, 2.75) is 30.8 Å². The number of rotatable bonds is 2. The molecule has 3 rings (SSSR count). The third-order valence-electron chi connectivity index (χ3n) is 3.22. The fourth-order valence-electron chi connectivity index (χ4n) is 2.34. The molecule has 0 bridgehead atoms. The molecular formula is C10H12ClN3O2S2. The molecule has 0 aromatic carbocycles. The van der Waals surface area contributed by atoms with Gasteiger partial charge in [-0.25, -0.2) is 13.4 Å². The summed E-state index contributed by atoms with van der Waals surface area (Å²) < 4.78 is 28.3. The van der Waals surface area contributed by atoms with E-state index in [0.29, 0.717) is 11.5 Å². The molecule has 8 heteroatoms. The Morgan fingerprint density at radius 1 is 1.56 bits per heavy atom. The number of imidazole rings is 1. The first kappa shape index (κ1) is 12.4. The van der Waals surface area contributed by atoms with Crippen LogP contribution in [-0.4, -0.2) is 34.7 Å². The fourth-order valence-corrected chi connectivity index (χ4v) is 5.46. The van der Waals surface area contributed by atoms with Crippen LogP contribution < -0.4 is 0 Å². The summed E-state index contributed by atoms with van der Waals surface area (Å²) in [4.78, 5) is 4.68. The average molecular weight is 306 g/mol. The molecule has 1 atom stereocenters. The van der Waals surface area contributed by atoms with E-state index in [0.717, 1.165) is 12.8 Å². The van der Waals surface area contributed by atoms with Gasteiger partial charge in [0, 0.05) is 24.2 Å². The molecule has 98 valence electrons. The molecule has 2 aromatic heterocycles. The molecule has 1 aliphatic heterocycles. The molecule has 0 saturated carbocycles. The maximum atomic E-state index is 12.6. The van der Waals surface area contributed by atoms with Crippen molar-refractivity contribution in [2.24, 2.45) is 0 Å². The topological polar surface area (TPSA) is 54.7 Å². The van der Waals surface area contributed by atoms with Crippen LogP contribution in [0.1, 0.15) is 19.8 Å². The van der Waals surface area contributed by atoms with Crippen LogP contribution in [0.5, 0.6) is 0 Å². The summed E-state index contributed by atoms with van der Waals surface area (Å²) >= 11 is 7.35. The van der Waals surface area contributed by atoms with Crippen LogP contribution >= 0.6 is 22.9 Å². The first-order valence-electron chi connectivity index (χ1n) is 5.64. The van der Waals surface area contributed by atoms with Gasteiger partial charge < -0.3 is 0 Å². The van der Waals surface area contributed by atoms with E-state index in [4.69, 9.17) is 11.6 Å². The average Bonchev–Trinajstić information content (AvgIpc) is 2.92. The smallest absolute Gasteiger partial charge is 0.262 e. The lowest BCUT2D eigenvalue weighted by Crippen LogP contribution is -2.34. The van der Waals surface area contributed by atoms with E-state index in [1.165, 1.54) is 15.6 Å². The molecule has 1 fully saturated rings. The number of nitrogens with zero attached hydrogens (tertiary/aromatic N) is 3. The van der Waals surface area contributed by atoms with Gasteiger partial charge in [-0.1, -0.05) is 11.6 Å². The maximum Gasteiger partial charge on any atom is 0.262 e. The Labute approximate surface area is 114 Å². The molecule has 3 heterocycles. The quantitative estimate of drug-likeness (QED) is 0.855. The van der Waals surface area contributed by atoms with Gasteiger partial charge in [0.1, 0.15) is 0 Å². The van der Waals surface area contributed by atoms with E-state index in [9.17, 15) is 8.42 Å². The van der Waals surface area contributed by atoms with Crippen LogP contribution in [0.15, 0.2) is 16.6 Å². The van der Waals surface area contributed by atoms with Gasteiger partial charge in [0.15, 0.2) is 15.1 Å². The van der Waals surface area contributed by atoms with Crippen LogP contribution in [0.2, 0.25) is 5.15 Å². The summed E-state index contributed by atoms with van der Waals surface area (Å²) in [6.07, 6.45) is 3.47. The van der Waals surface area contributed by atoms with E-state index in [2.05, 4.69) is 4.98 Å². The van der Waals surface area contributed by atoms with Crippen molar-refractivity contribution in [1.82, 2.24) is 13.7 Å². The van der Waals surface area contributed by atoms with Gasteiger partial charge in [0.2, 0.25) is 0 Å². The molecule has 1 aliphatic rings. The normalized spacial score (nSPS) is 22.0. The number of thiazole rings is 1. The highest BCUT2D eigenvalue weighted by atomic mass is 35.5. The first-order chi connectivity index (χ1) is 8.51. The Morgan fingerprint density at radius 3 is 3.00 bits per heavy atom. The number of hydrogen-bond acceptors (Lipinski definition) is 4. The molecule has 0 radical (unpaired) electrons. The summed E-state index contributed by atoms with van der Waals surface area (Å²) in [6.45, 7) is 2.47. The Bertz CT molecular complexity index is 691. The third kappa shape index (κ3) is 1.69. The van der Waals surface area contributed by atoms with Crippen LogP contribution in [-0.2, 0) is 10.0 Å². The predicted octanol–water partition coefficient (Wildman–Crippen LogP) is 2.22. The second-order valence-electron chi connectivity index (χ2n) is 4.37. The van der Waals surface area contributed by atoms with Crippen molar-refractivity contribution in [1.29, 1.82) is 0 Å². The minimum Gasteiger partial charge on any atom is -0.279 e. The zero-order chi connectivity index (χ0) is 12.9. The molecular weight excluding hydrogens is 294 g/mol. The van der Waals surface area contributed by atoms with Gasteiger partial charge in [-0.2, -0.15) is 4.31 Å². The zero-order valence-electron chi connectivity index (χ0n) is 9.71. The van der Waals surface area contributed by atoms with Gasteiger partial charge in [-0.3, -0.25) is 4.40 Å². The van der Waals surface area contributed by atoms with Crippen molar-refractivity contribution in [3.05, 3.63) is 16.7 Å². The van der Waals surface area contributed by atoms with Gasteiger partial charge in [-0.05, 0) is 19.8 Å². The van der Waals surface area contributed by atoms with Crippen LogP contribution in [0.4, 0.5) is 0 Å².